The van der Waals surface area contributed by atoms with E-state index in [-0.39, 0.29) is 0 Å². The monoisotopic (exact) mass is 270 g/mol. The lowest BCUT2D eigenvalue weighted by molar-refractivity contribution is 0.0951. The van der Waals surface area contributed by atoms with Crippen molar-refractivity contribution in [1.82, 2.24) is 9.78 Å². The number of aryl methyl sites for hydroxylation is 2. The summed E-state index contributed by atoms with van der Waals surface area (Å²) < 4.78 is 1.74. The Balaban J connectivity index is 2.58. The summed E-state index contributed by atoms with van der Waals surface area (Å²) in [6.45, 7) is 6.41. The van der Waals surface area contributed by atoms with Crippen molar-refractivity contribution >= 4 is 22.9 Å². The molecule has 0 aliphatic carbocycles. The molecule has 2 aromatic heterocycles. The first-order valence-electron chi connectivity index (χ1n) is 5.47. The largest absolute Gasteiger partial charge is 0.378 e. The maximum atomic E-state index is 10.8. The molecule has 2 aromatic rings. The van der Waals surface area contributed by atoms with E-state index in [9.17, 15) is 5.11 Å². The van der Waals surface area contributed by atoms with Gasteiger partial charge < -0.3 is 5.11 Å². The number of hydrogen-bond acceptors (Lipinski definition) is 3. The minimum absolute atomic E-state index is 0.504. The van der Waals surface area contributed by atoms with E-state index in [2.05, 4.69) is 5.10 Å². The molecule has 0 saturated carbocycles. The van der Waals surface area contributed by atoms with Crippen LogP contribution in [0.2, 0.25) is 5.02 Å². The zero-order valence-corrected chi connectivity index (χ0v) is 11.6. The zero-order valence-electron chi connectivity index (χ0n) is 10.1. The summed E-state index contributed by atoms with van der Waals surface area (Å²) in [7, 11) is 0. The Kier molecular flexibility index (Phi) is 3.30. The lowest BCUT2D eigenvalue weighted by Crippen LogP contribution is -2.27. The highest BCUT2D eigenvalue weighted by molar-refractivity contribution is 7.10. The number of hydrogen-bond donors (Lipinski definition) is 1. The molecule has 0 radical (unpaired) electrons. The average Bonchev–Trinajstić information content (AvgIpc) is 2.84. The Bertz CT molecular complexity index is 530. The van der Waals surface area contributed by atoms with Gasteiger partial charge in [-0.25, -0.2) is 0 Å². The predicted molar refractivity (Wildman–Crippen MR) is 70.6 cm³/mol. The van der Waals surface area contributed by atoms with E-state index in [1.807, 2.05) is 25.3 Å². The highest BCUT2D eigenvalue weighted by atomic mass is 35.5. The summed E-state index contributed by atoms with van der Waals surface area (Å²) in [4.78, 5) is 0.912. The van der Waals surface area contributed by atoms with Gasteiger partial charge in [-0.3, -0.25) is 4.68 Å². The van der Waals surface area contributed by atoms with Crippen LogP contribution in [0, 0.1) is 6.92 Å². The number of rotatable bonds is 3. The van der Waals surface area contributed by atoms with Gasteiger partial charge in [-0.15, -0.1) is 11.3 Å². The quantitative estimate of drug-likeness (QED) is 0.930. The van der Waals surface area contributed by atoms with E-state index in [0.717, 1.165) is 10.4 Å². The summed E-state index contributed by atoms with van der Waals surface area (Å²) >= 11 is 7.67. The zero-order chi connectivity index (χ0) is 12.6. The van der Waals surface area contributed by atoms with Crippen molar-refractivity contribution in [3.63, 3.8) is 0 Å². The Labute approximate surface area is 110 Å². The van der Waals surface area contributed by atoms with E-state index in [4.69, 9.17) is 11.6 Å². The second-order valence-electron chi connectivity index (χ2n) is 4.16. The maximum Gasteiger partial charge on any atom is 0.139 e. The molecular weight excluding hydrogens is 256 g/mol. The van der Waals surface area contributed by atoms with Crippen molar-refractivity contribution in [2.75, 3.05) is 0 Å². The number of aliphatic hydroxyl groups is 1. The van der Waals surface area contributed by atoms with Crippen molar-refractivity contribution in [1.29, 1.82) is 0 Å². The molecule has 0 saturated heterocycles. The van der Waals surface area contributed by atoms with Crippen LogP contribution in [0.3, 0.4) is 0 Å². The van der Waals surface area contributed by atoms with Crippen LogP contribution in [-0.4, -0.2) is 14.9 Å². The van der Waals surface area contributed by atoms with Crippen LogP contribution in [0.1, 0.15) is 30.0 Å². The van der Waals surface area contributed by atoms with Gasteiger partial charge >= 0.3 is 0 Å². The van der Waals surface area contributed by atoms with Gasteiger partial charge in [0, 0.05) is 11.4 Å². The van der Waals surface area contributed by atoms with Gasteiger partial charge in [-0.05, 0) is 37.8 Å². The number of thiophene rings is 1. The van der Waals surface area contributed by atoms with Gasteiger partial charge in [-0.2, -0.15) is 5.10 Å². The Morgan fingerprint density at radius 1 is 1.59 bits per heavy atom. The molecule has 0 bridgehead atoms. The number of nitrogens with zero attached hydrogens (tertiary/aromatic N) is 2. The molecule has 1 unspecified atom stereocenters. The second kappa shape index (κ2) is 4.44. The van der Waals surface area contributed by atoms with E-state index >= 15 is 0 Å². The van der Waals surface area contributed by atoms with Crippen molar-refractivity contribution in [2.45, 2.75) is 32.9 Å². The van der Waals surface area contributed by atoms with Crippen LogP contribution in [0.5, 0.6) is 0 Å². The summed E-state index contributed by atoms with van der Waals surface area (Å²) in [5.74, 6) is 0. The summed E-state index contributed by atoms with van der Waals surface area (Å²) in [5.41, 5.74) is 0.633. The molecule has 3 nitrogen and oxygen atoms in total. The highest BCUT2D eigenvalue weighted by Gasteiger charge is 2.34. The topological polar surface area (TPSA) is 38.0 Å². The van der Waals surface area contributed by atoms with Crippen molar-refractivity contribution < 1.29 is 5.11 Å². The number of halogens is 1. The molecule has 0 spiro atoms. The average molecular weight is 271 g/mol. The van der Waals surface area contributed by atoms with Gasteiger partial charge in [-0.1, -0.05) is 11.6 Å². The van der Waals surface area contributed by atoms with E-state index in [1.54, 1.807) is 17.8 Å². The van der Waals surface area contributed by atoms with E-state index in [1.165, 1.54) is 11.3 Å². The van der Waals surface area contributed by atoms with Gasteiger partial charge in [0.25, 0.3) is 0 Å². The fraction of sp³-hybridized carbons (Fsp3) is 0.417. The molecule has 0 amide bonds. The lowest BCUT2D eigenvalue weighted by Gasteiger charge is -2.24. The smallest absolute Gasteiger partial charge is 0.139 e. The third-order valence-electron chi connectivity index (χ3n) is 2.86. The maximum absolute atomic E-state index is 10.8. The molecule has 0 aliphatic heterocycles. The third-order valence-corrected chi connectivity index (χ3v) is 4.36. The van der Waals surface area contributed by atoms with Crippen molar-refractivity contribution in [2.24, 2.45) is 0 Å². The summed E-state index contributed by atoms with van der Waals surface area (Å²) in [6, 6.07) is 2.00. The van der Waals surface area contributed by atoms with Crippen LogP contribution >= 0.6 is 22.9 Å². The Morgan fingerprint density at radius 2 is 2.29 bits per heavy atom. The standard InChI is InChI=1S/C12H15ClN2OS/c1-4-15-10(9(13)7-14-15)12(3,16)11-8(2)5-6-17-11/h5-7,16H,4H2,1-3H3. The van der Waals surface area contributed by atoms with Gasteiger partial charge in [0.1, 0.15) is 5.60 Å². The molecule has 92 valence electrons. The number of aromatic nitrogens is 2. The normalized spacial score (nSPS) is 14.9. The lowest BCUT2D eigenvalue weighted by atomic mass is 9.97. The SMILES string of the molecule is CCn1ncc(Cl)c1C(C)(O)c1sccc1C. The molecule has 1 N–H and O–H groups in total. The first-order valence-corrected chi connectivity index (χ1v) is 6.73. The van der Waals surface area contributed by atoms with Crippen LogP contribution in [-0.2, 0) is 12.1 Å². The van der Waals surface area contributed by atoms with Gasteiger partial charge in [0.15, 0.2) is 0 Å². The molecule has 2 rings (SSSR count). The molecule has 1 atom stereocenters. The van der Waals surface area contributed by atoms with Crippen LogP contribution in [0.4, 0.5) is 0 Å². The predicted octanol–water partition coefficient (Wildman–Crippen LogP) is 3.18. The minimum atomic E-state index is -1.10. The minimum Gasteiger partial charge on any atom is -0.378 e. The molecule has 0 fully saturated rings. The van der Waals surface area contributed by atoms with Gasteiger partial charge in [0.05, 0.1) is 16.9 Å². The van der Waals surface area contributed by atoms with Gasteiger partial charge in [0.2, 0.25) is 0 Å². The first kappa shape index (κ1) is 12.6. The molecule has 0 aromatic carbocycles. The molecule has 5 heteroatoms. The van der Waals surface area contributed by atoms with Crippen LogP contribution in [0.15, 0.2) is 17.6 Å². The fourth-order valence-electron chi connectivity index (χ4n) is 2.07. The Morgan fingerprint density at radius 3 is 2.82 bits per heavy atom. The first-order chi connectivity index (χ1) is 7.98. The van der Waals surface area contributed by atoms with Crippen LogP contribution in [0.25, 0.3) is 0 Å². The molecular formula is C12H15ClN2OS. The molecule has 2 heterocycles. The second-order valence-corrected chi connectivity index (χ2v) is 5.49. The van der Waals surface area contributed by atoms with Crippen molar-refractivity contribution in [3.05, 3.63) is 38.8 Å². The molecule has 0 aliphatic rings. The Hall–Kier alpha value is -0.840. The van der Waals surface area contributed by atoms with Crippen molar-refractivity contribution in [3.8, 4) is 0 Å². The van der Waals surface area contributed by atoms with E-state index in [0.29, 0.717) is 17.3 Å². The molecule has 17 heavy (non-hydrogen) atoms. The highest BCUT2D eigenvalue weighted by Crippen LogP contribution is 2.38. The summed E-state index contributed by atoms with van der Waals surface area (Å²) in [5, 5.41) is 17.4. The van der Waals surface area contributed by atoms with Crippen LogP contribution < -0.4 is 0 Å². The fourth-order valence-corrected chi connectivity index (χ4v) is 3.38. The van der Waals surface area contributed by atoms with E-state index < -0.39 is 5.60 Å². The summed E-state index contributed by atoms with van der Waals surface area (Å²) in [6.07, 6.45) is 1.58. The third kappa shape index (κ3) is 2.01.